The van der Waals surface area contributed by atoms with Crippen LogP contribution in [0.5, 0.6) is 0 Å². The second-order valence-corrected chi connectivity index (χ2v) is 4.51. The summed E-state index contributed by atoms with van der Waals surface area (Å²) in [6.45, 7) is 0.111. The Labute approximate surface area is 122 Å². The van der Waals surface area contributed by atoms with E-state index in [1.807, 2.05) is 30.3 Å². The van der Waals surface area contributed by atoms with E-state index in [2.05, 4.69) is 5.32 Å². The van der Waals surface area contributed by atoms with Gasteiger partial charge in [0, 0.05) is 0 Å². The highest BCUT2D eigenvalue weighted by atomic mass is 19.1. The zero-order chi connectivity index (χ0) is 15.1. The zero-order valence-electron chi connectivity index (χ0n) is 11.3. The van der Waals surface area contributed by atoms with E-state index in [1.54, 1.807) is 6.07 Å². The van der Waals surface area contributed by atoms with Crippen molar-refractivity contribution in [1.29, 1.82) is 0 Å². The summed E-state index contributed by atoms with van der Waals surface area (Å²) in [5.74, 6) is -0.432. The first kappa shape index (κ1) is 15.0. The fraction of sp³-hybridized carbons (Fsp3) is 0.188. The predicted molar refractivity (Wildman–Crippen MR) is 76.0 cm³/mol. The first-order valence-corrected chi connectivity index (χ1v) is 6.53. The highest BCUT2D eigenvalue weighted by molar-refractivity contribution is 5.67. The maximum Gasteiger partial charge on any atom is 0.407 e. The lowest BCUT2D eigenvalue weighted by molar-refractivity contribution is 0.126. The second-order valence-electron chi connectivity index (χ2n) is 4.51. The summed E-state index contributed by atoms with van der Waals surface area (Å²) >= 11 is 0. The number of ether oxygens (including phenoxy) is 1. The van der Waals surface area contributed by atoms with Crippen molar-refractivity contribution in [3.05, 3.63) is 71.5 Å². The number of hydrogen-bond donors (Lipinski definition) is 2. The lowest BCUT2D eigenvalue weighted by atomic mass is 10.1. The molecule has 2 aromatic carbocycles. The molecule has 5 heteroatoms. The number of aliphatic hydroxyl groups excluding tert-OH is 1. The average Bonchev–Trinajstić information content (AvgIpc) is 2.51. The number of nitrogens with one attached hydrogen (secondary N) is 1. The van der Waals surface area contributed by atoms with Crippen LogP contribution in [0.4, 0.5) is 9.18 Å². The standard InChI is InChI=1S/C16H16FNO3/c17-14-8-4-7-13(9-14)15(19)10-18-16(20)21-11-12-5-2-1-3-6-12/h1-9,15,19H,10-11H2,(H,18,20)/t15-/m0/s1. The molecule has 0 saturated heterocycles. The molecule has 21 heavy (non-hydrogen) atoms. The van der Waals surface area contributed by atoms with E-state index in [0.29, 0.717) is 5.56 Å². The van der Waals surface area contributed by atoms with Gasteiger partial charge in [-0.2, -0.15) is 0 Å². The Balaban J connectivity index is 1.76. The van der Waals surface area contributed by atoms with Gasteiger partial charge in [-0.3, -0.25) is 0 Å². The Kier molecular flexibility index (Phi) is 5.29. The van der Waals surface area contributed by atoms with Gasteiger partial charge >= 0.3 is 6.09 Å². The van der Waals surface area contributed by atoms with Gasteiger partial charge in [0.25, 0.3) is 0 Å². The predicted octanol–water partition coefficient (Wildman–Crippen LogP) is 2.79. The third kappa shape index (κ3) is 4.89. The van der Waals surface area contributed by atoms with E-state index in [-0.39, 0.29) is 13.2 Å². The van der Waals surface area contributed by atoms with Crippen LogP contribution in [0, 0.1) is 5.82 Å². The number of benzene rings is 2. The summed E-state index contributed by atoms with van der Waals surface area (Å²) in [5, 5.41) is 12.3. The molecule has 0 heterocycles. The van der Waals surface area contributed by atoms with E-state index in [9.17, 15) is 14.3 Å². The van der Waals surface area contributed by atoms with E-state index in [4.69, 9.17) is 4.74 Å². The Bertz CT molecular complexity index is 589. The molecule has 0 fully saturated rings. The average molecular weight is 289 g/mol. The number of carbonyl (C=O) groups is 1. The summed E-state index contributed by atoms with van der Waals surface area (Å²) in [6, 6.07) is 14.9. The van der Waals surface area contributed by atoms with Crippen molar-refractivity contribution in [3.8, 4) is 0 Å². The maximum absolute atomic E-state index is 13.0. The molecule has 2 rings (SSSR count). The van der Waals surface area contributed by atoms with Crippen molar-refractivity contribution in [1.82, 2.24) is 5.32 Å². The van der Waals surface area contributed by atoms with Gasteiger partial charge in [-0.15, -0.1) is 0 Å². The van der Waals surface area contributed by atoms with E-state index in [1.165, 1.54) is 18.2 Å². The summed E-state index contributed by atoms with van der Waals surface area (Å²) in [5.41, 5.74) is 1.27. The third-order valence-corrected chi connectivity index (χ3v) is 2.89. The van der Waals surface area contributed by atoms with Crippen molar-refractivity contribution in [3.63, 3.8) is 0 Å². The monoisotopic (exact) mass is 289 g/mol. The van der Waals surface area contributed by atoms with Gasteiger partial charge in [0.15, 0.2) is 0 Å². The second kappa shape index (κ2) is 7.40. The SMILES string of the molecule is O=C(NC[C@H](O)c1cccc(F)c1)OCc1ccccc1. The lowest BCUT2D eigenvalue weighted by Gasteiger charge is -2.12. The minimum Gasteiger partial charge on any atom is -0.445 e. The van der Waals surface area contributed by atoms with Crippen LogP contribution >= 0.6 is 0 Å². The minimum absolute atomic E-state index is 0.0446. The molecule has 2 aromatic rings. The van der Waals surface area contributed by atoms with Crippen LogP contribution in [0.25, 0.3) is 0 Å². The third-order valence-electron chi connectivity index (χ3n) is 2.89. The molecular weight excluding hydrogens is 273 g/mol. The van der Waals surface area contributed by atoms with Crippen LogP contribution in [0.15, 0.2) is 54.6 Å². The van der Waals surface area contributed by atoms with Crippen LogP contribution < -0.4 is 5.32 Å². The largest absolute Gasteiger partial charge is 0.445 e. The molecule has 0 spiro atoms. The quantitative estimate of drug-likeness (QED) is 0.890. The van der Waals surface area contributed by atoms with Crippen LogP contribution in [0.2, 0.25) is 0 Å². The molecule has 0 radical (unpaired) electrons. The Morgan fingerprint density at radius 1 is 1.19 bits per heavy atom. The van der Waals surface area contributed by atoms with Crippen LogP contribution in [0.1, 0.15) is 17.2 Å². The molecule has 1 atom stereocenters. The van der Waals surface area contributed by atoms with Crippen LogP contribution in [-0.4, -0.2) is 17.7 Å². The van der Waals surface area contributed by atoms with Gasteiger partial charge in [0.2, 0.25) is 0 Å². The normalized spacial score (nSPS) is 11.7. The molecule has 110 valence electrons. The summed E-state index contributed by atoms with van der Waals surface area (Å²) in [7, 11) is 0. The molecule has 0 aliphatic rings. The number of aliphatic hydroxyl groups is 1. The molecule has 0 aliphatic carbocycles. The number of halogens is 1. The van der Waals surface area contributed by atoms with Gasteiger partial charge in [0.05, 0.1) is 12.6 Å². The van der Waals surface area contributed by atoms with Crippen molar-refractivity contribution in [2.45, 2.75) is 12.7 Å². The molecule has 0 saturated carbocycles. The molecular formula is C16H16FNO3. The van der Waals surface area contributed by atoms with Crippen molar-refractivity contribution < 1.29 is 19.0 Å². The van der Waals surface area contributed by atoms with Crippen LogP contribution in [-0.2, 0) is 11.3 Å². The highest BCUT2D eigenvalue weighted by Crippen LogP contribution is 2.13. The van der Waals surface area contributed by atoms with Crippen molar-refractivity contribution in [2.75, 3.05) is 6.54 Å². The molecule has 2 N–H and O–H groups in total. The minimum atomic E-state index is -0.982. The topological polar surface area (TPSA) is 58.6 Å². The van der Waals surface area contributed by atoms with Gasteiger partial charge in [-0.25, -0.2) is 9.18 Å². The van der Waals surface area contributed by atoms with Gasteiger partial charge in [0.1, 0.15) is 12.4 Å². The molecule has 0 aromatic heterocycles. The van der Waals surface area contributed by atoms with Gasteiger partial charge in [-0.1, -0.05) is 42.5 Å². The highest BCUT2D eigenvalue weighted by Gasteiger charge is 2.10. The fourth-order valence-electron chi connectivity index (χ4n) is 1.79. The molecule has 0 unspecified atom stereocenters. The molecule has 0 bridgehead atoms. The first-order valence-electron chi connectivity index (χ1n) is 6.53. The molecule has 0 aliphatic heterocycles. The fourth-order valence-corrected chi connectivity index (χ4v) is 1.79. The lowest BCUT2D eigenvalue weighted by Crippen LogP contribution is -2.28. The van der Waals surface area contributed by atoms with Crippen molar-refractivity contribution in [2.24, 2.45) is 0 Å². The van der Waals surface area contributed by atoms with Crippen molar-refractivity contribution >= 4 is 6.09 Å². The first-order chi connectivity index (χ1) is 10.1. The number of alkyl carbamates (subject to hydrolysis) is 1. The smallest absolute Gasteiger partial charge is 0.407 e. The van der Waals surface area contributed by atoms with Crippen LogP contribution in [0.3, 0.4) is 0 Å². The summed E-state index contributed by atoms with van der Waals surface area (Å²) in [4.78, 5) is 11.5. The van der Waals surface area contributed by atoms with Gasteiger partial charge in [-0.05, 0) is 23.3 Å². The van der Waals surface area contributed by atoms with E-state index in [0.717, 1.165) is 5.56 Å². The Hall–Kier alpha value is -2.40. The maximum atomic E-state index is 13.0. The van der Waals surface area contributed by atoms with Gasteiger partial charge < -0.3 is 15.2 Å². The number of carbonyl (C=O) groups excluding carboxylic acids is 1. The Morgan fingerprint density at radius 3 is 2.67 bits per heavy atom. The van der Waals surface area contributed by atoms with E-state index < -0.39 is 18.0 Å². The molecule has 4 nitrogen and oxygen atoms in total. The summed E-state index contributed by atoms with van der Waals surface area (Å²) in [6.07, 6.45) is -1.61. The number of rotatable bonds is 5. The number of amides is 1. The zero-order valence-corrected chi connectivity index (χ0v) is 11.3. The summed E-state index contributed by atoms with van der Waals surface area (Å²) < 4.78 is 18.0. The Morgan fingerprint density at radius 2 is 1.95 bits per heavy atom. The van der Waals surface area contributed by atoms with E-state index >= 15 is 0 Å². The number of hydrogen-bond acceptors (Lipinski definition) is 3. The molecule has 1 amide bonds.